The molecule has 1 aromatic heterocycles. The molecule has 36 nitrogen and oxygen atoms in total. The summed E-state index contributed by atoms with van der Waals surface area (Å²) in [5.74, 6) is -14.9. The third-order valence-corrected chi connectivity index (χ3v) is 17.8. The number of H-pyrrole nitrogens is 1. The van der Waals surface area contributed by atoms with E-state index in [1.807, 2.05) is 0 Å². The van der Waals surface area contributed by atoms with E-state index >= 15 is 0 Å². The number of carbonyl (C=O) groups is 15. The van der Waals surface area contributed by atoms with Crippen molar-refractivity contribution in [3.05, 3.63) is 18.2 Å². The van der Waals surface area contributed by atoms with E-state index < -0.39 is 198 Å². The quantitative estimate of drug-likeness (QED) is 0.0294. The van der Waals surface area contributed by atoms with Gasteiger partial charge in [0.2, 0.25) is 82.7 Å². The van der Waals surface area contributed by atoms with Crippen LogP contribution >= 0.6 is 0 Å². The highest BCUT2D eigenvalue weighted by Gasteiger charge is 2.41. The topological polar surface area (TPSA) is 577 Å². The van der Waals surface area contributed by atoms with Crippen LogP contribution < -0.4 is 86.7 Å². The van der Waals surface area contributed by atoms with Gasteiger partial charge in [0.15, 0.2) is 0 Å². The van der Waals surface area contributed by atoms with Gasteiger partial charge in [-0.15, -0.1) is 0 Å². The zero-order chi connectivity index (χ0) is 81.1. The Morgan fingerprint density at radius 3 is 1.30 bits per heavy atom. The van der Waals surface area contributed by atoms with E-state index in [0.717, 1.165) is 0 Å². The van der Waals surface area contributed by atoms with Crippen LogP contribution in [0.5, 0.6) is 0 Å². The minimum atomic E-state index is -1.67. The Hall–Kier alpha value is -8.90. The van der Waals surface area contributed by atoms with Crippen LogP contribution in [0.4, 0.5) is 0 Å². The Labute approximate surface area is 627 Å². The molecule has 2 rings (SSSR count). The summed E-state index contributed by atoms with van der Waals surface area (Å²) in [7, 11) is 0. The number of nitrogens with zero attached hydrogens (tertiary/aromatic N) is 2. The molecule has 1 fully saturated rings. The number of carboxylic acid groups (broad SMARTS) is 1. The van der Waals surface area contributed by atoms with Crippen LogP contribution in [0.15, 0.2) is 12.5 Å². The van der Waals surface area contributed by atoms with Gasteiger partial charge in [-0.2, -0.15) is 0 Å². The summed E-state index contributed by atoms with van der Waals surface area (Å²) >= 11 is 0. The Morgan fingerprint density at radius 2 is 0.860 bits per heavy atom. The van der Waals surface area contributed by atoms with E-state index in [1.165, 1.54) is 31.3 Å². The summed E-state index contributed by atoms with van der Waals surface area (Å²) in [4.78, 5) is 214. The predicted molar refractivity (Wildman–Crippen MR) is 396 cm³/mol. The van der Waals surface area contributed by atoms with Crippen LogP contribution in [0.2, 0.25) is 0 Å². The van der Waals surface area contributed by atoms with Crippen LogP contribution in [0, 0.1) is 35.5 Å². The largest absolute Gasteiger partial charge is 0.480 e. The van der Waals surface area contributed by atoms with Crippen LogP contribution in [0.3, 0.4) is 0 Å². The van der Waals surface area contributed by atoms with E-state index in [4.69, 9.17) is 22.9 Å². The maximum atomic E-state index is 14.4. The van der Waals surface area contributed by atoms with Crippen molar-refractivity contribution >= 4 is 88.7 Å². The molecule has 36 heteroatoms. The van der Waals surface area contributed by atoms with Crippen molar-refractivity contribution < 1.29 is 82.1 Å². The number of aliphatic hydroxyl groups is 1. The molecule has 0 radical (unpaired) electrons. The molecule has 0 aromatic carbocycles. The molecule has 2 heterocycles. The van der Waals surface area contributed by atoms with Gasteiger partial charge in [-0.25, -0.2) is 9.78 Å². The molecule has 1 aliphatic rings. The maximum absolute atomic E-state index is 14.4. The summed E-state index contributed by atoms with van der Waals surface area (Å²) in [6.07, 6.45) is 5.13. The molecule has 1 aromatic rings. The third kappa shape index (κ3) is 33.8. The van der Waals surface area contributed by atoms with Gasteiger partial charge >= 0.3 is 5.97 Å². The van der Waals surface area contributed by atoms with Crippen molar-refractivity contribution in [2.75, 3.05) is 26.2 Å². The smallest absolute Gasteiger partial charge is 0.326 e. The summed E-state index contributed by atoms with van der Waals surface area (Å²) < 4.78 is 0. The third-order valence-electron chi connectivity index (χ3n) is 17.8. The lowest BCUT2D eigenvalue weighted by molar-refractivity contribution is -0.142. The fraction of sp³-hybridized carbons (Fsp3) is 0.746. The molecule has 0 aliphatic carbocycles. The number of hydrogen-bond donors (Lipinski definition) is 19. The first kappa shape index (κ1) is 94.2. The number of aliphatic carboxylic acids is 1. The van der Waals surface area contributed by atoms with Gasteiger partial charge in [0.1, 0.15) is 78.5 Å². The number of amides is 14. The van der Waals surface area contributed by atoms with Crippen LogP contribution in [0.1, 0.15) is 193 Å². The molecule has 606 valence electrons. The highest BCUT2D eigenvalue weighted by atomic mass is 16.4. The van der Waals surface area contributed by atoms with E-state index in [1.54, 1.807) is 83.1 Å². The number of rotatable bonds is 50. The van der Waals surface area contributed by atoms with Gasteiger partial charge < -0.3 is 107 Å². The number of carboxylic acids is 1. The number of likely N-dealkylation sites (tertiary alicyclic amines) is 1. The monoisotopic (exact) mass is 1520 g/mol. The lowest BCUT2D eigenvalue weighted by Gasteiger charge is -2.30. The van der Waals surface area contributed by atoms with Gasteiger partial charge in [-0.1, -0.05) is 83.1 Å². The van der Waals surface area contributed by atoms with Crippen molar-refractivity contribution in [3.8, 4) is 0 Å². The second-order valence-corrected chi connectivity index (χ2v) is 30.1. The maximum Gasteiger partial charge on any atom is 0.326 e. The van der Waals surface area contributed by atoms with Gasteiger partial charge in [-0.05, 0) is 146 Å². The summed E-state index contributed by atoms with van der Waals surface area (Å²) in [6, 6.07) is -18.2. The minimum absolute atomic E-state index is 0.00624. The standard InChI is InChI=1S/C71H125N19O17/c1-36(2)28-49(63(98)84-50(29-37(3)4)62(97)80-46(20-15-17-25-72)61(96)82-48(71(106)107)21-16-18-26-73)83-58(93)42(13)78-60(95)47(23-24-55(75)92)81-68(103)56(40(9)10)88-65(100)52(31-39(7)8)86-69(104)57(41(11)12)89-66(101)53(34-91)87-64(99)51(30-38(5)6)85-67(102)54-22-19-27-90(54)70(105)43(14)79-59(94)45(74)32-44-33-76-35-77-44/h33,35-43,45-54,56-57,91H,15-32,34,72-74H2,1-14H3,(H2,75,92)(H,76,77)(H,78,95)(H,79,94)(H,80,97)(H,81,103)(H,82,96)(H,83,93)(H,84,98)(H,85,102)(H,86,104)(H,87,99)(H,88,100)(H,89,101)(H,106,107)/t42-,43-,45-,46-,47-,48-,49-,50-,51-,52-,53-,54-,56-,57-/m0/s1. The van der Waals surface area contributed by atoms with Gasteiger partial charge in [0.05, 0.1) is 19.0 Å². The molecule has 0 spiro atoms. The SMILES string of the molecule is CC(C)C[C@H](NC(=O)[C@H](C)NC(=O)[C@H](CCC(N)=O)NC(=O)[C@@H](NC(=O)[C@H](CC(C)C)NC(=O)[C@@H](NC(=O)[C@H](CO)NC(=O)[C@H](CC(C)C)NC(=O)[C@@H]1CCCN1C(=O)[C@H](C)NC(=O)[C@@H](N)Cc1cnc[nH]1)C(C)C)C(C)C)C(=O)N[C@@H](CC(C)C)C(=O)N[C@@H](CCCCN)C(=O)N[C@@H](CCCCN)C(=O)O. The second-order valence-electron chi connectivity index (χ2n) is 30.1. The number of unbranched alkanes of at least 4 members (excludes halogenated alkanes) is 2. The highest BCUT2D eigenvalue weighted by molar-refractivity contribution is 6.00. The molecule has 0 saturated carbocycles. The molecule has 107 heavy (non-hydrogen) atoms. The van der Waals surface area contributed by atoms with Crippen molar-refractivity contribution in [2.24, 2.45) is 58.4 Å². The van der Waals surface area contributed by atoms with E-state index in [-0.39, 0.29) is 94.5 Å². The van der Waals surface area contributed by atoms with Crippen molar-refractivity contribution in [2.45, 2.75) is 278 Å². The number of primary amides is 1. The number of aromatic nitrogens is 2. The van der Waals surface area contributed by atoms with Gasteiger partial charge in [0, 0.05) is 31.3 Å². The number of hydrogen-bond acceptors (Lipinski definition) is 20. The Morgan fingerprint density at radius 1 is 0.477 bits per heavy atom. The number of nitrogens with one attached hydrogen (secondary N) is 13. The first-order valence-electron chi connectivity index (χ1n) is 37.4. The van der Waals surface area contributed by atoms with Crippen molar-refractivity contribution in [1.29, 1.82) is 0 Å². The predicted octanol–water partition coefficient (Wildman–Crippen LogP) is -2.78. The zero-order valence-corrected chi connectivity index (χ0v) is 64.9. The number of aromatic amines is 1. The number of nitrogens with two attached hydrogens (primary N) is 4. The molecule has 14 atom stereocenters. The Kier molecular flexibility index (Phi) is 42.0. The fourth-order valence-electron chi connectivity index (χ4n) is 11.9. The van der Waals surface area contributed by atoms with E-state index in [9.17, 15) is 82.1 Å². The lowest BCUT2D eigenvalue weighted by Crippen LogP contribution is -2.62. The van der Waals surface area contributed by atoms with Crippen LogP contribution in [-0.2, 0) is 78.3 Å². The molecular formula is C71H125N19O17. The molecule has 23 N–H and O–H groups in total. The second kappa shape index (κ2) is 47.7. The molecular weight excluding hydrogens is 1390 g/mol. The first-order valence-corrected chi connectivity index (χ1v) is 37.4. The van der Waals surface area contributed by atoms with Gasteiger partial charge in [0.25, 0.3) is 0 Å². The molecule has 1 saturated heterocycles. The zero-order valence-electron chi connectivity index (χ0n) is 64.9. The normalized spacial score (nSPS) is 16.6. The number of imidazole rings is 1. The molecule has 1 aliphatic heterocycles. The first-order chi connectivity index (χ1) is 50.2. The summed E-state index contributed by atoms with van der Waals surface area (Å²) in [5.41, 5.74) is 23.5. The average Bonchev–Trinajstić information content (AvgIpc) is 1.75. The van der Waals surface area contributed by atoms with Crippen molar-refractivity contribution in [1.82, 2.24) is 78.7 Å². The van der Waals surface area contributed by atoms with E-state index in [2.05, 4.69) is 73.8 Å². The molecule has 14 amide bonds. The minimum Gasteiger partial charge on any atom is -0.480 e. The summed E-state index contributed by atoms with van der Waals surface area (Å²) in [6.45, 7) is 23.2. The van der Waals surface area contributed by atoms with Crippen LogP contribution in [0.25, 0.3) is 0 Å². The number of carbonyl (C=O) groups excluding carboxylic acids is 14. The van der Waals surface area contributed by atoms with Gasteiger partial charge in [-0.3, -0.25) is 67.1 Å². The van der Waals surface area contributed by atoms with Crippen LogP contribution in [-0.4, -0.2) is 225 Å². The lowest BCUT2D eigenvalue weighted by atomic mass is 9.98. The van der Waals surface area contributed by atoms with E-state index in [0.29, 0.717) is 44.3 Å². The Balaban J connectivity index is 2.30. The molecule has 0 unspecified atom stereocenters. The van der Waals surface area contributed by atoms with Crippen molar-refractivity contribution in [3.63, 3.8) is 0 Å². The number of aliphatic hydroxyl groups excluding tert-OH is 1. The molecule has 0 bridgehead atoms. The highest BCUT2D eigenvalue weighted by Crippen LogP contribution is 2.21. The summed E-state index contributed by atoms with van der Waals surface area (Å²) in [5, 5.41) is 51.6. The fourth-order valence-corrected chi connectivity index (χ4v) is 11.9. The Bertz CT molecular complexity index is 3100. The average molecular weight is 1520 g/mol.